The van der Waals surface area contributed by atoms with Gasteiger partial charge in [-0.15, -0.1) is 10.2 Å². The van der Waals surface area contributed by atoms with Crippen molar-refractivity contribution in [2.24, 2.45) is 5.41 Å². The van der Waals surface area contributed by atoms with Crippen molar-refractivity contribution in [3.05, 3.63) is 34.6 Å². The Hall–Kier alpha value is -2.16. The molecule has 1 amide bonds. The number of carbonyl (C=O) groups is 1. The van der Waals surface area contributed by atoms with E-state index in [0.717, 1.165) is 49.2 Å². The van der Waals surface area contributed by atoms with Gasteiger partial charge in [-0.2, -0.15) is 0 Å². The van der Waals surface area contributed by atoms with Crippen molar-refractivity contribution in [2.45, 2.75) is 13.1 Å². The van der Waals surface area contributed by atoms with E-state index in [4.69, 9.17) is 11.6 Å². The van der Waals surface area contributed by atoms with Gasteiger partial charge >= 0.3 is 0 Å². The van der Waals surface area contributed by atoms with Crippen molar-refractivity contribution in [2.75, 3.05) is 51.7 Å². The number of likely N-dealkylation sites (N-methyl/N-ethyl adjacent to an activating group) is 1. The summed E-state index contributed by atoms with van der Waals surface area (Å²) < 4.78 is 2.14. The van der Waals surface area contributed by atoms with Gasteiger partial charge in [0.15, 0.2) is 5.82 Å². The molecule has 1 N–H and O–H groups in total. The number of nitrogens with zero attached hydrogens (tertiary/aromatic N) is 6. The highest BCUT2D eigenvalue weighted by molar-refractivity contribution is 6.30. The summed E-state index contributed by atoms with van der Waals surface area (Å²) in [5.74, 6) is 1.81. The summed E-state index contributed by atoms with van der Waals surface area (Å²) in [7, 11) is 3.56. The van der Waals surface area contributed by atoms with Gasteiger partial charge in [0, 0.05) is 57.3 Å². The Bertz CT molecular complexity index is 928. The number of aromatic nitrogens is 3. The predicted molar refractivity (Wildman–Crippen MR) is 107 cm³/mol. The third-order valence-corrected chi connectivity index (χ3v) is 6.18. The van der Waals surface area contributed by atoms with Crippen LogP contribution >= 0.6 is 11.6 Å². The average molecular weight is 402 g/mol. The van der Waals surface area contributed by atoms with Gasteiger partial charge in [-0.3, -0.25) is 14.3 Å². The van der Waals surface area contributed by atoms with Crippen LogP contribution in [-0.4, -0.2) is 77.3 Å². The SMILES string of the molecule is CN(C)C(=O)CN1Cc2cc(Cl)ccc2-n2c(nnc2N2CC3(CNC3)C2)C1. The number of anilines is 1. The van der Waals surface area contributed by atoms with E-state index in [1.165, 1.54) is 0 Å². The molecule has 3 aliphatic heterocycles. The van der Waals surface area contributed by atoms with E-state index in [2.05, 4.69) is 29.9 Å². The second-order valence-corrected chi connectivity index (χ2v) is 8.85. The maximum atomic E-state index is 12.3. The molecule has 0 atom stereocenters. The Morgan fingerprint density at radius 1 is 1.25 bits per heavy atom. The van der Waals surface area contributed by atoms with Gasteiger partial charge in [-0.1, -0.05) is 11.6 Å². The molecule has 1 spiro atoms. The van der Waals surface area contributed by atoms with Gasteiger partial charge < -0.3 is 15.1 Å². The fourth-order valence-electron chi connectivity index (χ4n) is 4.31. The van der Waals surface area contributed by atoms with E-state index in [9.17, 15) is 4.79 Å². The largest absolute Gasteiger partial charge is 0.348 e. The third-order valence-electron chi connectivity index (χ3n) is 5.95. The summed E-state index contributed by atoms with van der Waals surface area (Å²) in [5.41, 5.74) is 2.54. The van der Waals surface area contributed by atoms with Gasteiger partial charge in [-0.05, 0) is 23.8 Å². The monoisotopic (exact) mass is 401 g/mol. The van der Waals surface area contributed by atoms with E-state index in [1.807, 2.05) is 18.2 Å². The van der Waals surface area contributed by atoms with Crippen LogP contribution < -0.4 is 10.2 Å². The van der Waals surface area contributed by atoms with Crippen molar-refractivity contribution in [1.82, 2.24) is 29.9 Å². The number of halogens is 1. The van der Waals surface area contributed by atoms with Crippen LogP contribution in [0.2, 0.25) is 5.02 Å². The molecule has 28 heavy (non-hydrogen) atoms. The van der Waals surface area contributed by atoms with Crippen molar-refractivity contribution in [3.63, 3.8) is 0 Å². The topological polar surface area (TPSA) is 69.5 Å². The Morgan fingerprint density at radius 3 is 2.71 bits per heavy atom. The molecule has 1 aromatic heterocycles. The number of fused-ring (bicyclic) bond motifs is 3. The van der Waals surface area contributed by atoms with Crippen LogP contribution in [0.4, 0.5) is 5.95 Å². The minimum Gasteiger partial charge on any atom is -0.348 e. The number of rotatable bonds is 3. The zero-order chi connectivity index (χ0) is 19.5. The van der Waals surface area contributed by atoms with Gasteiger partial charge in [-0.25, -0.2) is 0 Å². The van der Waals surface area contributed by atoms with E-state index in [-0.39, 0.29) is 5.91 Å². The maximum absolute atomic E-state index is 12.3. The molecule has 0 saturated carbocycles. The van der Waals surface area contributed by atoms with Crippen LogP contribution in [0.3, 0.4) is 0 Å². The molecule has 148 valence electrons. The molecule has 2 saturated heterocycles. The van der Waals surface area contributed by atoms with E-state index in [1.54, 1.807) is 19.0 Å². The minimum atomic E-state index is 0.0685. The summed E-state index contributed by atoms with van der Waals surface area (Å²) in [5, 5.41) is 13.1. The zero-order valence-electron chi connectivity index (χ0n) is 16.2. The molecule has 0 unspecified atom stereocenters. The number of hydrogen-bond donors (Lipinski definition) is 1. The molecular weight excluding hydrogens is 378 g/mol. The molecule has 0 bridgehead atoms. The number of nitrogens with one attached hydrogen (secondary N) is 1. The predicted octanol–water partition coefficient (Wildman–Crippen LogP) is 0.734. The molecule has 3 aliphatic rings. The third kappa shape index (κ3) is 2.87. The first-order chi connectivity index (χ1) is 13.4. The molecule has 8 nitrogen and oxygen atoms in total. The average Bonchev–Trinajstić information content (AvgIpc) is 2.89. The molecule has 5 rings (SSSR count). The molecule has 1 aromatic carbocycles. The maximum Gasteiger partial charge on any atom is 0.236 e. The van der Waals surface area contributed by atoms with Gasteiger partial charge in [0.25, 0.3) is 0 Å². The Labute approximate surface area is 169 Å². The van der Waals surface area contributed by atoms with Crippen LogP contribution in [0, 0.1) is 5.41 Å². The first-order valence-corrected chi connectivity index (χ1v) is 9.93. The zero-order valence-corrected chi connectivity index (χ0v) is 16.9. The van der Waals surface area contributed by atoms with Crippen molar-refractivity contribution >= 4 is 23.5 Å². The number of amides is 1. The fraction of sp³-hybridized carbons (Fsp3) is 0.526. The molecule has 0 aliphatic carbocycles. The van der Waals surface area contributed by atoms with Crippen LogP contribution in [0.1, 0.15) is 11.4 Å². The van der Waals surface area contributed by atoms with Gasteiger partial charge in [0.1, 0.15) is 0 Å². The lowest BCUT2D eigenvalue weighted by atomic mass is 9.75. The summed E-state index contributed by atoms with van der Waals surface area (Å²) in [6.07, 6.45) is 0. The lowest BCUT2D eigenvalue weighted by Crippen LogP contribution is -2.71. The standard InChI is InChI=1S/C19H24ClN7O/c1-24(2)17(28)8-25-6-13-5-14(20)3-4-15(13)27-16(7-25)22-23-18(27)26-11-19(12-26)9-21-10-19/h3-5,21H,6-12H2,1-2H3. The molecule has 0 radical (unpaired) electrons. The van der Waals surface area contributed by atoms with Crippen molar-refractivity contribution in [3.8, 4) is 5.69 Å². The molecule has 2 aromatic rings. The highest BCUT2D eigenvalue weighted by Crippen LogP contribution is 2.39. The lowest BCUT2D eigenvalue weighted by molar-refractivity contribution is -0.130. The summed E-state index contributed by atoms with van der Waals surface area (Å²) in [6.45, 7) is 5.72. The summed E-state index contributed by atoms with van der Waals surface area (Å²) >= 11 is 6.29. The summed E-state index contributed by atoms with van der Waals surface area (Å²) in [4.78, 5) is 18.3. The van der Waals surface area contributed by atoms with E-state index < -0.39 is 0 Å². The summed E-state index contributed by atoms with van der Waals surface area (Å²) in [6, 6.07) is 5.92. The minimum absolute atomic E-state index is 0.0685. The molecule has 2 fully saturated rings. The highest BCUT2D eigenvalue weighted by Gasteiger charge is 2.49. The second kappa shape index (κ2) is 6.43. The highest BCUT2D eigenvalue weighted by atomic mass is 35.5. The van der Waals surface area contributed by atoms with Crippen molar-refractivity contribution in [1.29, 1.82) is 0 Å². The molecular formula is C19H24ClN7O. The number of hydrogen-bond acceptors (Lipinski definition) is 6. The Balaban J connectivity index is 1.51. The molecule has 4 heterocycles. The normalized spacial score (nSPS) is 20.0. The number of carbonyl (C=O) groups excluding carboxylic acids is 1. The quantitative estimate of drug-likeness (QED) is 0.818. The first-order valence-electron chi connectivity index (χ1n) is 9.55. The lowest BCUT2D eigenvalue weighted by Gasteiger charge is -2.56. The first kappa shape index (κ1) is 17.9. The Kier molecular flexibility index (Phi) is 4.12. The molecule has 9 heteroatoms. The van der Waals surface area contributed by atoms with Crippen LogP contribution in [-0.2, 0) is 17.9 Å². The smallest absolute Gasteiger partial charge is 0.236 e. The Morgan fingerprint density at radius 2 is 2.04 bits per heavy atom. The second-order valence-electron chi connectivity index (χ2n) is 8.42. The fourth-order valence-corrected chi connectivity index (χ4v) is 4.50. The van der Waals surface area contributed by atoms with E-state index >= 15 is 0 Å². The van der Waals surface area contributed by atoms with E-state index in [0.29, 0.717) is 30.1 Å². The number of benzene rings is 1. The van der Waals surface area contributed by atoms with Crippen LogP contribution in [0.25, 0.3) is 5.69 Å². The van der Waals surface area contributed by atoms with Gasteiger partial charge in [0.05, 0.1) is 18.8 Å². The van der Waals surface area contributed by atoms with Crippen LogP contribution in [0.15, 0.2) is 18.2 Å². The van der Waals surface area contributed by atoms with Gasteiger partial charge in [0.2, 0.25) is 11.9 Å². The van der Waals surface area contributed by atoms with Crippen molar-refractivity contribution < 1.29 is 4.79 Å². The van der Waals surface area contributed by atoms with Crippen LogP contribution in [0.5, 0.6) is 0 Å².